The Morgan fingerprint density at radius 3 is 2.25 bits per heavy atom. The first-order chi connectivity index (χ1) is 16.7. The molecular weight excluding hydrogens is 452 g/mol. The number of fused-ring (bicyclic) bond motifs is 1. The van der Waals surface area contributed by atoms with E-state index in [2.05, 4.69) is 19.1 Å². The summed E-state index contributed by atoms with van der Waals surface area (Å²) in [6.07, 6.45) is 14.9. The van der Waals surface area contributed by atoms with Crippen LogP contribution in [0.4, 0.5) is 0 Å². The summed E-state index contributed by atoms with van der Waals surface area (Å²) in [4.78, 5) is 0. The lowest BCUT2D eigenvalue weighted by atomic mass is 9.60. The van der Waals surface area contributed by atoms with Crippen molar-refractivity contribution in [3.8, 4) is 0 Å². The van der Waals surface area contributed by atoms with Crippen LogP contribution in [-0.4, -0.2) is 55.0 Å². The number of aliphatic hydroxyl groups excluding tert-OH is 3. The van der Waals surface area contributed by atoms with Crippen LogP contribution in [0.25, 0.3) is 0 Å². The van der Waals surface area contributed by atoms with Gasteiger partial charge in [-0.2, -0.15) is 0 Å². The van der Waals surface area contributed by atoms with E-state index >= 15 is 0 Å². The zero-order valence-corrected chi connectivity index (χ0v) is 23.5. The summed E-state index contributed by atoms with van der Waals surface area (Å²) < 4.78 is 0. The summed E-state index contributed by atoms with van der Waals surface area (Å²) in [6, 6.07) is 0. The molecule has 3 aliphatic carbocycles. The number of rotatable bonds is 10. The molecule has 3 fully saturated rings. The minimum atomic E-state index is -1.09. The van der Waals surface area contributed by atoms with Crippen LogP contribution in [0.5, 0.6) is 0 Å². The van der Waals surface area contributed by atoms with Gasteiger partial charge < -0.3 is 25.5 Å². The lowest BCUT2D eigenvalue weighted by Crippen LogP contribution is -2.39. The maximum atomic E-state index is 10.6. The molecule has 3 rings (SSSR count). The Morgan fingerprint density at radius 2 is 1.64 bits per heavy atom. The van der Waals surface area contributed by atoms with Crippen molar-refractivity contribution in [2.24, 2.45) is 23.2 Å². The highest BCUT2D eigenvalue weighted by Crippen LogP contribution is 2.60. The van der Waals surface area contributed by atoms with Crippen LogP contribution in [0.1, 0.15) is 118 Å². The lowest BCUT2D eigenvalue weighted by molar-refractivity contribution is -0.0563. The van der Waals surface area contributed by atoms with Crippen molar-refractivity contribution in [3.63, 3.8) is 0 Å². The largest absolute Gasteiger partial charge is 0.393 e. The van der Waals surface area contributed by atoms with E-state index in [0.717, 1.165) is 37.7 Å². The van der Waals surface area contributed by atoms with E-state index < -0.39 is 29.5 Å². The number of hydrogen-bond donors (Lipinski definition) is 5. The summed E-state index contributed by atoms with van der Waals surface area (Å²) in [5.74, 6) is 1.61. The fourth-order valence-corrected chi connectivity index (χ4v) is 7.65. The fraction of sp³-hybridized carbons (Fsp3) is 0.871. The Hall–Kier alpha value is -0.720. The van der Waals surface area contributed by atoms with E-state index in [-0.39, 0.29) is 5.41 Å². The summed E-state index contributed by atoms with van der Waals surface area (Å²) in [5.41, 5.74) is 1.16. The van der Waals surface area contributed by atoms with E-state index in [1.807, 2.05) is 13.8 Å². The van der Waals surface area contributed by atoms with Crippen LogP contribution in [0.3, 0.4) is 0 Å². The molecule has 3 saturated carbocycles. The predicted molar refractivity (Wildman–Crippen MR) is 145 cm³/mol. The van der Waals surface area contributed by atoms with Gasteiger partial charge in [0.05, 0.1) is 29.5 Å². The molecule has 5 N–H and O–H groups in total. The molecule has 0 amide bonds. The Balaban J connectivity index is 1.76. The quantitative estimate of drug-likeness (QED) is 0.272. The van der Waals surface area contributed by atoms with Gasteiger partial charge in [-0.05, 0) is 121 Å². The first-order valence-corrected chi connectivity index (χ1v) is 14.6. The van der Waals surface area contributed by atoms with Crippen LogP contribution in [0.2, 0.25) is 0 Å². The third kappa shape index (κ3) is 7.89. The van der Waals surface area contributed by atoms with Crippen LogP contribution in [-0.2, 0) is 0 Å². The zero-order valence-electron chi connectivity index (χ0n) is 23.5. The highest BCUT2D eigenvalue weighted by atomic mass is 16.3. The van der Waals surface area contributed by atoms with Gasteiger partial charge in [-0.3, -0.25) is 0 Å². The van der Waals surface area contributed by atoms with E-state index in [0.29, 0.717) is 43.4 Å². The zero-order chi connectivity index (χ0) is 26.7. The molecule has 0 spiro atoms. The van der Waals surface area contributed by atoms with Gasteiger partial charge in [0, 0.05) is 0 Å². The second-order valence-corrected chi connectivity index (χ2v) is 13.8. The molecule has 5 nitrogen and oxygen atoms in total. The van der Waals surface area contributed by atoms with Gasteiger partial charge in [0.1, 0.15) is 0 Å². The molecule has 0 aromatic carbocycles. The average molecular weight is 507 g/mol. The van der Waals surface area contributed by atoms with Crippen LogP contribution in [0, 0.1) is 23.2 Å². The van der Waals surface area contributed by atoms with Gasteiger partial charge in [0.25, 0.3) is 0 Å². The molecular formula is C31H54O5. The van der Waals surface area contributed by atoms with Gasteiger partial charge >= 0.3 is 0 Å². The average Bonchev–Trinajstić information content (AvgIpc) is 3.09. The molecule has 2 unspecified atom stereocenters. The molecule has 0 heterocycles. The van der Waals surface area contributed by atoms with Crippen molar-refractivity contribution in [1.82, 2.24) is 0 Å². The van der Waals surface area contributed by atoms with Crippen LogP contribution in [0.15, 0.2) is 23.3 Å². The van der Waals surface area contributed by atoms with Gasteiger partial charge in [-0.1, -0.05) is 43.1 Å². The summed E-state index contributed by atoms with van der Waals surface area (Å²) in [5, 5.41) is 51.3. The predicted octanol–water partition coefficient (Wildman–Crippen LogP) is 5.43. The smallest absolute Gasteiger partial charge is 0.0849 e. The molecule has 7 atom stereocenters. The normalized spacial score (nSPS) is 34.5. The lowest BCUT2D eigenvalue weighted by Gasteiger charge is -2.45. The first-order valence-electron chi connectivity index (χ1n) is 14.6. The maximum absolute atomic E-state index is 10.6. The minimum Gasteiger partial charge on any atom is -0.393 e. The summed E-state index contributed by atoms with van der Waals surface area (Å²) in [7, 11) is 0. The highest BCUT2D eigenvalue weighted by Gasteiger charge is 2.51. The second kappa shape index (κ2) is 12.0. The minimum absolute atomic E-state index is 0.229. The molecule has 0 aromatic heterocycles. The van der Waals surface area contributed by atoms with Crippen LogP contribution < -0.4 is 0 Å². The molecule has 0 aliphatic heterocycles. The van der Waals surface area contributed by atoms with Gasteiger partial charge in [-0.15, -0.1) is 0 Å². The van der Waals surface area contributed by atoms with Gasteiger partial charge in [0.15, 0.2) is 0 Å². The van der Waals surface area contributed by atoms with Crippen LogP contribution >= 0.6 is 0 Å². The third-order valence-corrected chi connectivity index (χ3v) is 9.67. The summed E-state index contributed by atoms with van der Waals surface area (Å²) in [6.45, 7) is 9.61. The van der Waals surface area contributed by atoms with E-state index in [1.54, 1.807) is 13.8 Å². The highest BCUT2D eigenvalue weighted by molar-refractivity contribution is 5.26. The standard InChI is InChI=1S/C31H54O5/c1-29(2,35)16-6-8-23(12-15-28(34)30(3,4)36)27-14-13-26-22(9-7-17-31(26,27)5)11-10-21-18-24(32)20-25(33)19-21/h10-11,23-28,32-36H,6-9,12-20H2,1-5H3/t23-,24+,25+,26-,27?,28?,31-/m0/s1. The Bertz CT molecular complexity index is 761. The summed E-state index contributed by atoms with van der Waals surface area (Å²) >= 11 is 0. The Labute approximate surface area is 219 Å². The van der Waals surface area contributed by atoms with Crippen molar-refractivity contribution in [2.45, 2.75) is 148 Å². The number of aliphatic hydroxyl groups is 5. The molecule has 5 heteroatoms. The van der Waals surface area contributed by atoms with Crippen molar-refractivity contribution >= 4 is 0 Å². The van der Waals surface area contributed by atoms with Crippen molar-refractivity contribution in [1.29, 1.82) is 0 Å². The van der Waals surface area contributed by atoms with E-state index in [9.17, 15) is 25.5 Å². The van der Waals surface area contributed by atoms with Gasteiger partial charge in [0.2, 0.25) is 0 Å². The molecule has 0 bridgehead atoms. The molecule has 0 aromatic rings. The number of allylic oxidation sites excluding steroid dienone is 3. The van der Waals surface area contributed by atoms with Gasteiger partial charge in [-0.25, -0.2) is 0 Å². The third-order valence-electron chi connectivity index (χ3n) is 9.67. The monoisotopic (exact) mass is 506 g/mol. The topological polar surface area (TPSA) is 101 Å². The van der Waals surface area contributed by atoms with E-state index in [4.69, 9.17) is 0 Å². The molecule has 36 heavy (non-hydrogen) atoms. The molecule has 0 saturated heterocycles. The molecule has 208 valence electrons. The maximum Gasteiger partial charge on any atom is 0.0849 e. The Morgan fingerprint density at radius 1 is 0.972 bits per heavy atom. The Kier molecular flexibility index (Phi) is 9.93. The fourth-order valence-electron chi connectivity index (χ4n) is 7.65. The molecule has 3 aliphatic rings. The van der Waals surface area contributed by atoms with Crippen molar-refractivity contribution in [2.75, 3.05) is 0 Å². The van der Waals surface area contributed by atoms with Crippen molar-refractivity contribution < 1.29 is 25.5 Å². The SMILES string of the molecule is CC(C)(O)CCC[C@@H](CCC(O)C(C)(C)O)C1CC[C@H]2C(=CC=C3C[C@@H](O)C[C@H](O)C3)CCC[C@]12C. The number of hydrogen-bond acceptors (Lipinski definition) is 5. The molecule has 0 radical (unpaired) electrons. The van der Waals surface area contributed by atoms with Crippen molar-refractivity contribution in [3.05, 3.63) is 23.3 Å². The first kappa shape index (κ1) is 29.8. The second-order valence-electron chi connectivity index (χ2n) is 13.8. The van der Waals surface area contributed by atoms with E-state index in [1.165, 1.54) is 31.3 Å².